The average Bonchev–Trinajstić information content (AvgIpc) is 3.10. The van der Waals surface area contributed by atoms with Gasteiger partial charge < -0.3 is 16.4 Å². The van der Waals surface area contributed by atoms with E-state index in [0.717, 1.165) is 17.8 Å². The van der Waals surface area contributed by atoms with Gasteiger partial charge in [0.2, 0.25) is 5.91 Å². The first-order valence-corrected chi connectivity index (χ1v) is 7.23. The van der Waals surface area contributed by atoms with Crippen molar-refractivity contribution in [1.82, 2.24) is 15.6 Å². The van der Waals surface area contributed by atoms with E-state index in [-0.39, 0.29) is 23.8 Å². The molecule has 1 saturated carbocycles. The molecule has 19 heavy (non-hydrogen) atoms. The summed E-state index contributed by atoms with van der Waals surface area (Å²) >= 11 is 1.38. The first-order valence-electron chi connectivity index (χ1n) is 6.35. The van der Waals surface area contributed by atoms with Gasteiger partial charge in [0.05, 0.1) is 6.04 Å². The van der Waals surface area contributed by atoms with Crippen molar-refractivity contribution in [2.24, 2.45) is 11.7 Å². The van der Waals surface area contributed by atoms with E-state index in [1.54, 1.807) is 5.38 Å². The van der Waals surface area contributed by atoms with E-state index in [1.807, 2.05) is 6.92 Å². The van der Waals surface area contributed by atoms with Gasteiger partial charge in [-0.3, -0.25) is 9.59 Å². The van der Waals surface area contributed by atoms with Crippen LogP contribution in [0.25, 0.3) is 0 Å². The van der Waals surface area contributed by atoms with Crippen LogP contribution in [0.1, 0.15) is 41.3 Å². The van der Waals surface area contributed by atoms with Crippen LogP contribution in [0, 0.1) is 5.92 Å². The zero-order chi connectivity index (χ0) is 13.8. The van der Waals surface area contributed by atoms with Gasteiger partial charge >= 0.3 is 0 Å². The molecular formula is C12H18N4O2S. The van der Waals surface area contributed by atoms with Gasteiger partial charge in [-0.2, -0.15) is 0 Å². The fourth-order valence-corrected chi connectivity index (χ4v) is 2.30. The summed E-state index contributed by atoms with van der Waals surface area (Å²) < 4.78 is 0. The van der Waals surface area contributed by atoms with E-state index in [0.29, 0.717) is 18.8 Å². The van der Waals surface area contributed by atoms with E-state index < -0.39 is 0 Å². The zero-order valence-electron chi connectivity index (χ0n) is 10.8. The fourth-order valence-electron chi connectivity index (χ4n) is 1.54. The number of nitrogens with zero attached hydrogens (tertiary/aromatic N) is 1. The van der Waals surface area contributed by atoms with Gasteiger partial charge in [0.1, 0.15) is 10.7 Å². The Bertz CT molecular complexity index is 468. The zero-order valence-corrected chi connectivity index (χ0v) is 11.6. The number of aromatic nitrogens is 1. The van der Waals surface area contributed by atoms with Crippen LogP contribution in [0.15, 0.2) is 5.38 Å². The van der Waals surface area contributed by atoms with E-state index in [4.69, 9.17) is 5.73 Å². The summed E-state index contributed by atoms with van der Waals surface area (Å²) in [6.45, 7) is 2.68. The fraction of sp³-hybridized carbons (Fsp3) is 0.583. The van der Waals surface area contributed by atoms with Crippen molar-refractivity contribution in [3.63, 3.8) is 0 Å². The third-order valence-electron chi connectivity index (χ3n) is 2.80. The highest BCUT2D eigenvalue weighted by Crippen LogP contribution is 2.28. The topological polar surface area (TPSA) is 97.1 Å². The predicted octanol–water partition coefficient (Wildman–Crippen LogP) is 0.419. The highest BCUT2D eigenvalue weighted by atomic mass is 32.1. The van der Waals surface area contributed by atoms with Gasteiger partial charge in [0.25, 0.3) is 5.91 Å². The molecule has 1 aliphatic carbocycles. The molecule has 0 aromatic carbocycles. The molecule has 0 radical (unpaired) electrons. The van der Waals surface area contributed by atoms with Crippen LogP contribution in [-0.4, -0.2) is 29.9 Å². The molecule has 2 rings (SSSR count). The van der Waals surface area contributed by atoms with E-state index in [1.165, 1.54) is 11.3 Å². The third-order valence-corrected chi connectivity index (χ3v) is 3.85. The Balaban J connectivity index is 1.69. The summed E-state index contributed by atoms with van der Waals surface area (Å²) in [5.41, 5.74) is 6.07. The van der Waals surface area contributed by atoms with Crippen LogP contribution < -0.4 is 16.4 Å². The third kappa shape index (κ3) is 4.00. The highest BCUT2D eigenvalue weighted by molar-refractivity contribution is 7.09. The van der Waals surface area contributed by atoms with Crippen molar-refractivity contribution in [1.29, 1.82) is 0 Å². The van der Waals surface area contributed by atoms with Crippen molar-refractivity contribution in [2.45, 2.75) is 25.8 Å². The first kappa shape index (κ1) is 14.0. The number of carbonyl (C=O) groups excluding carboxylic acids is 2. The maximum Gasteiger partial charge on any atom is 0.270 e. The molecule has 1 atom stereocenters. The average molecular weight is 282 g/mol. The number of amides is 2. The lowest BCUT2D eigenvalue weighted by Crippen LogP contribution is -2.35. The Morgan fingerprint density at radius 2 is 2.16 bits per heavy atom. The van der Waals surface area contributed by atoms with Gasteiger partial charge in [-0.15, -0.1) is 11.3 Å². The standard InChI is InChI=1S/C12H18N4O2S/c1-7(13)12-16-9(6-19-12)11(18)15-5-4-14-10(17)8-2-3-8/h6-8H,2-5,13H2,1H3,(H,14,17)(H,15,18). The number of hydrogen-bond donors (Lipinski definition) is 3. The summed E-state index contributed by atoms with van der Waals surface area (Å²) in [5.74, 6) is 0.0498. The van der Waals surface area contributed by atoms with E-state index in [9.17, 15) is 9.59 Å². The van der Waals surface area contributed by atoms with E-state index in [2.05, 4.69) is 15.6 Å². The Hall–Kier alpha value is -1.47. The van der Waals surface area contributed by atoms with Crippen LogP contribution in [0.2, 0.25) is 0 Å². The van der Waals surface area contributed by atoms with Crippen LogP contribution in [0.4, 0.5) is 0 Å². The molecule has 1 unspecified atom stereocenters. The predicted molar refractivity (Wildman–Crippen MR) is 72.8 cm³/mol. The van der Waals surface area contributed by atoms with Gasteiger partial charge in [0, 0.05) is 24.4 Å². The van der Waals surface area contributed by atoms with E-state index >= 15 is 0 Å². The minimum atomic E-state index is -0.233. The Morgan fingerprint density at radius 1 is 1.47 bits per heavy atom. The molecule has 0 saturated heterocycles. The normalized spacial score (nSPS) is 15.9. The highest BCUT2D eigenvalue weighted by Gasteiger charge is 2.29. The minimum Gasteiger partial charge on any atom is -0.354 e. The molecule has 6 nitrogen and oxygen atoms in total. The molecule has 7 heteroatoms. The summed E-state index contributed by atoms with van der Waals surface area (Å²) in [4.78, 5) is 27.3. The Kier molecular flexibility index (Phi) is 4.49. The number of rotatable bonds is 6. The molecular weight excluding hydrogens is 264 g/mol. The molecule has 4 N–H and O–H groups in total. The molecule has 0 aliphatic heterocycles. The summed E-state index contributed by atoms with van der Waals surface area (Å²) in [5, 5.41) is 7.93. The largest absolute Gasteiger partial charge is 0.354 e. The number of nitrogens with two attached hydrogens (primary N) is 1. The second-order valence-electron chi connectivity index (χ2n) is 4.68. The number of thiazole rings is 1. The maximum atomic E-state index is 11.8. The lowest BCUT2D eigenvalue weighted by Gasteiger charge is -2.05. The second-order valence-corrected chi connectivity index (χ2v) is 5.57. The van der Waals surface area contributed by atoms with Gasteiger partial charge in [0.15, 0.2) is 0 Å². The lowest BCUT2D eigenvalue weighted by atomic mass is 10.4. The molecule has 2 amide bonds. The Morgan fingerprint density at radius 3 is 2.74 bits per heavy atom. The van der Waals surface area contributed by atoms with Crippen molar-refractivity contribution < 1.29 is 9.59 Å². The van der Waals surface area contributed by atoms with Crippen LogP contribution in [-0.2, 0) is 4.79 Å². The molecule has 1 heterocycles. The number of carbonyl (C=O) groups is 2. The van der Waals surface area contributed by atoms with Crippen molar-refractivity contribution in [2.75, 3.05) is 13.1 Å². The van der Waals surface area contributed by atoms with Crippen LogP contribution >= 0.6 is 11.3 Å². The smallest absolute Gasteiger partial charge is 0.270 e. The van der Waals surface area contributed by atoms with Crippen molar-refractivity contribution >= 4 is 23.2 Å². The molecule has 1 aliphatic rings. The summed E-state index contributed by atoms with van der Waals surface area (Å²) in [6, 6.07) is -0.163. The minimum absolute atomic E-state index is 0.0853. The molecule has 1 aromatic heterocycles. The van der Waals surface area contributed by atoms with Gasteiger partial charge in [-0.25, -0.2) is 4.98 Å². The number of hydrogen-bond acceptors (Lipinski definition) is 5. The van der Waals surface area contributed by atoms with Crippen LogP contribution in [0.5, 0.6) is 0 Å². The monoisotopic (exact) mass is 282 g/mol. The second kappa shape index (κ2) is 6.12. The molecule has 0 bridgehead atoms. The van der Waals surface area contributed by atoms with Crippen molar-refractivity contribution in [3.8, 4) is 0 Å². The van der Waals surface area contributed by atoms with Crippen molar-refractivity contribution in [3.05, 3.63) is 16.1 Å². The summed E-state index contributed by atoms with van der Waals surface area (Å²) in [6.07, 6.45) is 1.97. The molecule has 104 valence electrons. The Labute approximate surface area is 115 Å². The quantitative estimate of drug-likeness (QED) is 0.659. The SMILES string of the molecule is CC(N)c1nc(C(=O)NCCNC(=O)C2CC2)cs1. The molecule has 1 aromatic rings. The maximum absolute atomic E-state index is 11.8. The summed E-state index contributed by atoms with van der Waals surface area (Å²) in [7, 11) is 0. The lowest BCUT2D eigenvalue weighted by molar-refractivity contribution is -0.122. The molecule has 0 spiro atoms. The van der Waals surface area contributed by atoms with Gasteiger partial charge in [-0.05, 0) is 19.8 Å². The molecule has 1 fully saturated rings. The number of nitrogens with one attached hydrogen (secondary N) is 2. The van der Waals surface area contributed by atoms with Gasteiger partial charge in [-0.1, -0.05) is 0 Å². The van der Waals surface area contributed by atoms with Crippen LogP contribution in [0.3, 0.4) is 0 Å². The first-order chi connectivity index (χ1) is 9.08.